The predicted molar refractivity (Wildman–Crippen MR) is 527 cm³/mol. The number of hydrogen-bond donors (Lipinski definition) is 0. The Hall–Kier alpha value is -0.169. The SMILES string of the molecule is CCCCCCCCCCCCCCCCCCCCCCCCCCCCCCCCCCCCCCCCCCCCCCCCCc1ccccc1S(=O)(=O)[O-].CCCCCCCCCCCCCCCCCCCCCCCCCCCCCCCCCCCCCCCCCCCCCCCCCc1ccccc1S(=O)(=O)[O-].[Ba+2]. The minimum absolute atomic E-state index is 0. The Morgan fingerprint density at radius 2 is 0.252 bits per heavy atom. The second-order valence-corrected chi connectivity index (χ2v) is 40.8. The van der Waals surface area contributed by atoms with Gasteiger partial charge in [-0.3, -0.25) is 0 Å². The third-order valence-corrected chi connectivity index (χ3v) is 28.5. The first-order valence-electron chi connectivity index (χ1n) is 54.2. The largest absolute Gasteiger partial charge is 2.00 e. The molecule has 2 aromatic rings. The maximum absolute atomic E-state index is 11.4. The summed E-state index contributed by atoms with van der Waals surface area (Å²) in [6.07, 6.45) is 136. The van der Waals surface area contributed by atoms with Crippen molar-refractivity contribution in [2.24, 2.45) is 0 Å². The van der Waals surface area contributed by atoms with E-state index in [1.807, 2.05) is 12.1 Å². The summed E-state index contributed by atoms with van der Waals surface area (Å²) in [6.45, 7) is 4.62. The first-order chi connectivity index (χ1) is 58.1. The van der Waals surface area contributed by atoms with Crippen LogP contribution in [-0.4, -0.2) is 74.8 Å². The second kappa shape index (κ2) is 98.4. The van der Waals surface area contributed by atoms with Crippen molar-refractivity contribution in [2.45, 2.75) is 640 Å². The molecule has 0 heterocycles. The van der Waals surface area contributed by atoms with Gasteiger partial charge in [-0.25, -0.2) is 16.8 Å². The van der Waals surface area contributed by atoms with Crippen LogP contribution >= 0.6 is 0 Å². The number of hydrogen-bond acceptors (Lipinski definition) is 6. The standard InChI is InChI=1S/2C55H104O3S.Ba/c2*1-2-3-4-5-6-7-8-9-10-11-12-13-14-15-16-17-18-19-20-21-22-23-24-25-26-27-28-29-30-31-32-33-34-35-36-37-38-39-40-41-42-43-44-45-46-47-48-51-54-52-49-50-53-55(54)59(56,57)58;/h2*49-50,52-53H,2-48,51H2,1H3,(H,56,57,58);/q;;+2/p-2. The van der Waals surface area contributed by atoms with Gasteiger partial charge in [0, 0.05) is 0 Å². The van der Waals surface area contributed by atoms with Crippen LogP contribution in [0.4, 0.5) is 0 Å². The van der Waals surface area contributed by atoms with Gasteiger partial charge in [0.05, 0.1) is 9.79 Å². The zero-order valence-corrected chi connectivity index (χ0v) is 86.5. The van der Waals surface area contributed by atoms with Gasteiger partial charge in [-0.05, 0) is 48.9 Å². The topological polar surface area (TPSA) is 114 Å². The summed E-state index contributed by atoms with van der Waals surface area (Å²) in [5.41, 5.74) is 1.35. The third-order valence-electron chi connectivity index (χ3n) is 26.6. The Labute approximate surface area is 787 Å². The van der Waals surface area contributed by atoms with Crippen LogP contribution < -0.4 is 0 Å². The summed E-state index contributed by atoms with van der Waals surface area (Å²) in [5, 5.41) is 0. The molecule has 9 heteroatoms. The molecule has 0 saturated heterocycles. The van der Waals surface area contributed by atoms with Crippen molar-refractivity contribution >= 4 is 69.1 Å². The van der Waals surface area contributed by atoms with Crippen molar-refractivity contribution in [1.29, 1.82) is 0 Å². The Bertz CT molecular complexity index is 2310. The normalized spacial score (nSPS) is 11.8. The molecule has 0 aromatic heterocycles. The van der Waals surface area contributed by atoms with Crippen LogP contribution in [0.15, 0.2) is 58.3 Å². The maximum Gasteiger partial charge on any atom is 2.00 e. The fourth-order valence-electron chi connectivity index (χ4n) is 18.6. The van der Waals surface area contributed by atoms with E-state index in [9.17, 15) is 25.9 Å². The fourth-order valence-corrected chi connectivity index (χ4v) is 20.1. The zero-order valence-electron chi connectivity index (χ0n) is 80.5. The molecule has 0 atom stereocenters. The molecule has 6 nitrogen and oxygen atoms in total. The molecular weight excluding hydrogens is 1620 g/mol. The van der Waals surface area contributed by atoms with E-state index < -0.39 is 20.2 Å². The minimum atomic E-state index is -4.37. The van der Waals surface area contributed by atoms with Crippen LogP contribution in [-0.2, 0) is 33.1 Å². The van der Waals surface area contributed by atoms with Crippen LogP contribution in [0.25, 0.3) is 0 Å². The third kappa shape index (κ3) is 91.0. The number of benzene rings is 2. The Kier molecular flexibility index (Phi) is 98.3. The smallest absolute Gasteiger partial charge is 0.744 e. The molecule has 696 valence electrons. The molecule has 0 fully saturated rings. The molecule has 0 aliphatic rings. The van der Waals surface area contributed by atoms with Gasteiger partial charge in [0.1, 0.15) is 20.2 Å². The Morgan fingerprint density at radius 1 is 0.160 bits per heavy atom. The van der Waals surface area contributed by atoms with Crippen LogP contribution in [0.5, 0.6) is 0 Å². The van der Waals surface area contributed by atoms with Crippen LogP contribution in [0, 0.1) is 0 Å². The van der Waals surface area contributed by atoms with Crippen LogP contribution in [0.3, 0.4) is 0 Å². The zero-order chi connectivity index (χ0) is 84.8. The summed E-state index contributed by atoms with van der Waals surface area (Å²) in [7, 11) is -8.74. The fraction of sp³-hybridized carbons (Fsp3) is 0.891. The molecule has 2 aromatic carbocycles. The van der Waals surface area contributed by atoms with E-state index in [4.69, 9.17) is 0 Å². The van der Waals surface area contributed by atoms with E-state index in [-0.39, 0.29) is 58.7 Å². The van der Waals surface area contributed by atoms with Gasteiger partial charge < -0.3 is 9.11 Å². The summed E-state index contributed by atoms with van der Waals surface area (Å²) in [6, 6.07) is 13.3. The summed E-state index contributed by atoms with van der Waals surface area (Å²) < 4.78 is 68.5. The first-order valence-corrected chi connectivity index (χ1v) is 57.0. The van der Waals surface area contributed by atoms with Gasteiger partial charge in [-0.2, -0.15) is 0 Å². The summed E-state index contributed by atoms with van der Waals surface area (Å²) >= 11 is 0. The minimum Gasteiger partial charge on any atom is -0.744 e. The van der Waals surface area contributed by atoms with Crippen molar-refractivity contribution in [3.63, 3.8) is 0 Å². The van der Waals surface area contributed by atoms with Crippen LogP contribution in [0.2, 0.25) is 0 Å². The molecule has 119 heavy (non-hydrogen) atoms. The van der Waals surface area contributed by atoms with E-state index >= 15 is 0 Å². The Balaban J connectivity index is 0.00000232. The van der Waals surface area contributed by atoms with Crippen LogP contribution in [0.1, 0.15) is 629 Å². The average molecular weight is 1830 g/mol. The molecule has 0 saturated carbocycles. The molecule has 0 radical (unpaired) electrons. The molecule has 2 rings (SSSR count). The molecule has 0 N–H and O–H groups in total. The Morgan fingerprint density at radius 3 is 0.353 bits per heavy atom. The molecule has 0 bridgehead atoms. The van der Waals surface area contributed by atoms with Gasteiger partial charge >= 0.3 is 48.9 Å². The molecule has 0 aliphatic carbocycles. The molecule has 0 unspecified atom stereocenters. The van der Waals surface area contributed by atoms with E-state index in [0.717, 1.165) is 25.7 Å². The summed E-state index contributed by atoms with van der Waals surface area (Å²) in [4.78, 5) is -0.0789. The number of unbranched alkanes of at least 4 members (excludes halogenated alkanes) is 92. The van der Waals surface area contributed by atoms with Crippen molar-refractivity contribution in [1.82, 2.24) is 0 Å². The van der Waals surface area contributed by atoms with E-state index in [1.165, 1.54) is 590 Å². The molecular formula is C110H206BaO6S2. The van der Waals surface area contributed by atoms with Gasteiger partial charge in [0.2, 0.25) is 0 Å². The van der Waals surface area contributed by atoms with Gasteiger partial charge in [-0.1, -0.05) is 641 Å². The quantitative estimate of drug-likeness (QED) is 0.0370. The first kappa shape index (κ1) is 119. The average Bonchev–Trinajstić information content (AvgIpc) is 0.845. The molecule has 0 amide bonds. The number of aryl methyl sites for hydroxylation is 2. The molecule has 0 aliphatic heterocycles. The second-order valence-electron chi connectivity index (χ2n) is 38.2. The maximum atomic E-state index is 11.4. The monoisotopic (exact) mass is 1830 g/mol. The van der Waals surface area contributed by atoms with Crippen molar-refractivity contribution < 1.29 is 25.9 Å². The van der Waals surface area contributed by atoms with E-state index in [2.05, 4.69) is 13.8 Å². The number of rotatable bonds is 98. The van der Waals surface area contributed by atoms with Crippen molar-refractivity contribution in [2.75, 3.05) is 0 Å². The van der Waals surface area contributed by atoms with Gasteiger partial charge in [0.25, 0.3) is 0 Å². The van der Waals surface area contributed by atoms with Crippen molar-refractivity contribution in [3.05, 3.63) is 59.7 Å². The predicted octanol–water partition coefficient (Wildman–Crippen LogP) is 38.6. The van der Waals surface area contributed by atoms with Gasteiger partial charge in [0.15, 0.2) is 0 Å². The van der Waals surface area contributed by atoms with Gasteiger partial charge in [-0.15, -0.1) is 0 Å². The van der Waals surface area contributed by atoms with E-state index in [1.54, 1.807) is 24.3 Å². The molecule has 0 spiro atoms. The van der Waals surface area contributed by atoms with Crippen molar-refractivity contribution in [3.8, 4) is 0 Å². The summed E-state index contributed by atoms with van der Waals surface area (Å²) in [5.74, 6) is 0. The van der Waals surface area contributed by atoms with E-state index in [0.29, 0.717) is 24.0 Å².